The molecular weight excluding hydrogens is 443 g/mol. The quantitative estimate of drug-likeness (QED) is 0.566. The molecule has 0 saturated heterocycles. The van der Waals surface area contributed by atoms with Crippen LogP contribution in [0.1, 0.15) is 15.9 Å². The Bertz CT molecular complexity index is 1250. The maximum absolute atomic E-state index is 13.7. The summed E-state index contributed by atoms with van der Waals surface area (Å²) in [4.78, 5) is 12.7. The largest absolute Gasteiger partial charge is 0.495 e. The summed E-state index contributed by atoms with van der Waals surface area (Å²) in [5, 5.41) is 2.49. The van der Waals surface area contributed by atoms with Crippen LogP contribution in [0.4, 0.5) is 15.8 Å². The molecule has 0 aliphatic rings. The van der Waals surface area contributed by atoms with Crippen molar-refractivity contribution in [1.29, 1.82) is 0 Å². The molecule has 0 saturated carbocycles. The van der Waals surface area contributed by atoms with Gasteiger partial charge in [-0.2, -0.15) is 0 Å². The van der Waals surface area contributed by atoms with Crippen LogP contribution >= 0.6 is 11.6 Å². The zero-order valence-electron chi connectivity index (χ0n) is 17.0. The molecule has 0 aliphatic carbocycles. The van der Waals surface area contributed by atoms with Crippen molar-refractivity contribution in [2.45, 2.75) is 11.8 Å². The first kappa shape index (κ1) is 22.6. The van der Waals surface area contributed by atoms with Crippen LogP contribution in [0.25, 0.3) is 0 Å². The van der Waals surface area contributed by atoms with E-state index in [4.69, 9.17) is 16.3 Å². The molecule has 0 unspecified atom stereocenters. The maximum Gasteiger partial charge on any atom is 0.264 e. The fraction of sp³-hybridized carbons (Fsp3) is 0.136. The Labute approximate surface area is 185 Å². The smallest absolute Gasteiger partial charge is 0.264 e. The van der Waals surface area contributed by atoms with Crippen molar-refractivity contribution < 1.29 is 22.3 Å². The predicted molar refractivity (Wildman–Crippen MR) is 119 cm³/mol. The number of sulfonamides is 1. The van der Waals surface area contributed by atoms with E-state index < -0.39 is 21.7 Å². The third-order valence-corrected chi connectivity index (χ3v) is 6.79. The number of amides is 1. The number of aryl methyl sites for hydroxylation is 1. The average molecular weight is 463 g/mol. The van der Waals surface area contributed by atoms with E-state index in [1.54, 1.807) is 37.3 Å². The maximum atomic E-state index is 13.7. The van der Waals surface area contributed by atoms with Crippen LogP contribution in [0, 0.1) is 12.7 Å². The fourth-order valence-electron chi connectivity index (χ4n) is 2.96. The van der Waals surface area contributed by atoms with Gasteiger partial charge in [0.25, 0.3) is 15.9 Å². The molecule has 1 N–H and O–H groups in total. The first-order valence-electron chi connectivity index (χ1n) is 9.14. The SMILES string of the molecule is COc1ccccc1N(C)S(=O)(=O)c1ccc(C)c(C(=O)Nc2ccc(Cl)c(F)c2)c1. The Morgan fingerprint density at radius 3 is 2.48 bits per heavy atom. The summed E-state index contributed by atoms with van der Waals surface area (Å²) in [6.45, 7) is 1.68. The van der Waals surface area contributed by atoms with Crippen LogP contribution in [-0.4, -0.2) is 28.5 Å². The second-order valence-corrected chi connectivity index (χ2v) is 9.08. The Kier molecular flexibility index (Phi) is 6.52. The first-order chi connectivity index (χ1) is 14.6. The Morgan fingerprint density at radius 2 is 1.81 bits per heavy atom. The highest BCUT2D eigenvalue weighted by atomic mass is 35.5. The number of nitrogens with one attached hydrogen (secondary N) is 1. The topological polar surface area (TPSA) is 75.7 Å². The summed E-state index contributed by atoms with van der Waals surface area (Å²) >= 11 is 5.66. The molecule has 9 heteroatoms. The number of anilines is 2. The number of carbonyl (C=O) groups excluding carboxylic acids is 1. The van der Waals surface area contributed by atoms with Crippen LogP contribution < -0.4 is 14.4 Å². The molecule has 0 bridgehead atoms. The normalized spacial score (nSPS) is 11.1. The fourth-order valence-corrected chi connectivity index (χ4v) is 4.31. The third-order valence-electron chi connectivity index (χ3n) is 4.71. The van der Waals surface area contributed by atoms with Crippen LogP contribution in [0.3, 0.4) is 0 Å². The summed E-state index contributed by atoms with van der Waals surface area (Å²) in [6.07, 6.45) is 0. The number of hydrogen-bond donors (Lipinski definition) is 1. The molecule has 31 heavy (non-hydrogen) atoms. The predicted octanol–water partition coefficient (Wildman–Crippen LogP) is 4.87. The van der Waals surface area contributed by atoms with Crippen LogP contribution in [0.15, 0.2) is 65.6 Å². The van der Waals surface area contributed by atoms with E-state index in [0.29, 0.717) is 17.0 Å². The number of hydrogen-bond acceptors (Lipinski definition) is 4. The number of halogens is 2. The number of carbonyl (C=O) groups is 1. The van der Waals surface area contributed by atoms with Gasteiger partial charge in [0.05, 0.1) is 22.7 Å². The lowest BCUT2D eigenvalue weighted by Gasteiger charge is -2.22. The summed E-state index contributed by atoms with van der Waals surface area (Å²) in [6, 6.07) is 14.8. The Balaban J connectivity index is 1.95. The van der Waals surface area contributed by atoms with Crippen LogP contribution in [0.2, 0.25) is 5.02 Å². The molecule has 3 rings (SSSR count). The van der Waals surface area contributed by atoms with Gasteiger partial charge in [-0.3, -0.25) is 9.10 Å². The second kappa shape index (κ2) is 8.95. The van der Waals surface area contributed by atoms with E-state index in [2.05, 4.69) is 5.32 Å². The standard InChI is InChI=1S/C22H20ClFN2O4S/c1-14-8-10-16(31(28,29)26(2)20-6-4-5-7-21(20)30-3)13-17(14)22(27)25-15-9-11-18(23)19(24)12-15/h4-13H,1-3H3,(H,25,27). The number of benzene rings is 3. The lowest BCUT2D eigenvalue weighted by atomic mass is 10.1. The highest BCUT2D eigenvalue weighted by Gasteiger charge is 2.25. The van der Waals surface area contributed by atoms with E-state index in [1.165, 1.54) is 38.4 Å². The average Bonchev–Trinajstić information content (AvgIpc) is 2.75. The molecule has 6 nitrogen and oxygen atoms in total. The van der Waals surface area contributed by atoms with Gasteiger partial charge >= 0.3 is 0 Å². The van der Waals surface area contributed by atoms with Crippen molar-refractivity contribution >= 4 is 38.9 Å². The zero-order valence-corrected chi connectivity index (χ0v) is 18.6. The van der Waals surface area contributed by atoms with Gasteiger partial charge in [0.15, 0.2) is 0 Å². The van der Waals surface area contributed by atoms with Gasteiger partial charge in [0, 0.05) is 18.3 Å². The molecule has 0 atom stereocenters. The summed E-state index contributed by atoms with van der Waals surface area (Å²) in [5.41, 5.74) is 1.26. The van der Waals surface area contributed by atoms with Gasteiger partial charge in [-0.1, -0.05) is 29.8 Å². The summed E-state index contributed by atoms with van der Waals surface area (Å²) in [7, 11) is -1.13. The van der Waals surface area contributed by atoms with Gasteiger partial charge < -0.3 is 10.1 Å². The molecule has 1 amide bonds. The highest BCUT2D eigenvalue weighted by molar-refractivity contribution is 7.92. The molecule has 0 heterocycles. The van der Waals surface area contributed by atoms with Crippen LogP contribution in [0.5, 0.6) is 5.75 Å². The van der Waals surface area contributed by atoms with E-state index in [1.807, 2.05) is 0 Å². The first-order valence-corrected chi connectivity index (χ1v) is 11.0. The minimum atomic E-state index is -3.99. The molecule has 3 aromatic rings. The third kappa shape index (κ3) is 4.65. The molecule has 3 aromatic carbocycles. The van der Waals surface area contributed by atoms with Gasteiger partial charge in [-0.05, 0) is 55.0 Å². The molecular formula is C22H20ClFN2O4S. The molecule has 0 aromatic heterocycles. The van der Waals surface area contributed by atoms with Gasteiger partial charge in [-0.25, -0.2) is 12.8 Å². The second-order valence-electron chi connectivity index (χ2n) is 6.70. The zero-order chi connectivity index (χ0) is 22.8. The Hall–Kier alpha value is -3.10. The molecule has 162 valence electrons. The van der Waals surface area contributed by atoms with Gasteiger partial charge in [-0.15, -0.1) is 0 Å². The van der Waals surface area contributed by atoms with Crippen molar-refractivity contribution in [3.05, 3.63) is 82.6 Å². The number of methoxy groups -OCH3 is 1. The number of rotatable bonds is 6. The summed E-state index contributed by atoms with van der Waals surface area (Å²) in [5.74, 6) is -0.856. The molecule has 0 radical (unpaired) electrons. The molecule has 0 spiro atoms. The van der Waals surface area contributed by atoms with E-state index >= 15 is 0 Å². The minimum Gasteiger partial charge on any atom is -0.495 e. The lowest BCUT2D eigenvalue weighted by Crippen LogP contribution is -2.27. The van der Waals surface area contributed by atoms with Crippen LogP contribution in [-0.2, 0) is 10.0 Å². The Morgan fingerprint density at radius 1 is 1.10 bits per heavy atom. The molecule has 0 fully saturated rings. The van der Waals surface area contributed by atoms with Crippen molar-refractivity contribution in [2.24, 2.45) is 0 Å². The minimum absolute atomic E-state index is 0.0679. The van der Waals surface area contributed by atoms with Crippen molar-refractivity contribution in [2.75, 3.05) is 23.8 Å². The van der Waals surface area contributed by atoms with Gasteiger partial charge in [0.1, 0.15) is 11.6 Å². The van der Waals surface area contributed by atoms with Crippen molar-refractivity contribution in [1.82, 2.24) is 0 Å². The number of ether oxygens (including phenoxy) is 1. The monoisotopic (exact) mass is 462 g/mol. The van der Waals surface area contributed by atoms with E-state index in [9.17, 15) is 17.6 Å². The molecule has 0 aliphatic heterocycles. The summed E-state index contributed by atoms with van der Waals surface area (Å²) < 4.78 is 46.4. The van der Waals surface area contributed by atoms with E-state index in [-0.39, 0.29) is 21.2 Å². The van der Waals surface area contributed by atoms with Crippen molar-refractivity contribution in [3.8, 4) is 5.75 Å². The number of para-hydroxylation sites is 2. The number of nitrogens with zero attached hydrogens (tertiary/aromatic N) is 1. The lowest BCUT2D eigenvalue weighted by molar-refractivity contribution is 0.102. The van der Waals surface area contributed by atoms with Gasteiger partial charge in [0.2, 0.25) is 0 Å². The van der Waals surface area contributed by atoms with E-state index in [0.717, 1.165) is 10.4 Å². The highest BCUT2D eigenvalue weighted by Crippen LogP contribution is 2.31. The van der Waals surface area contributed by atoms with Crippen molar-refractivity contribution in [3.63, 3.8) is 0 Å².